The van der Waals surface area contributed by atoms with E-state index in [0.717, 1.165) is 4.47 Å². The predicted octanol–water partition coefficient (Wildman–Crippen LogP) is 10.7. The largest absolute Gasteiger partial charge is 0.309 e. The van der Waals surface area contributed by atoms with Crippen LogP contribution in [0.1, 0.15) is 37.5 Å². The Kier molecular flexibility index (Phi) is 5.35. The summed E-state index contributed by atoms with van der Waals surface area (Å²) in [5.41, 5.74) is 7.68. The first-order chi connectivity index (χ1) is 17.2. The highest BCUT2D eigenvalue weighted by atomic mass is 79.9. The SMILES string of the molecule is Cc1cc(C(C)(C)C)cc(C)c1N(c1ccccc1)c1ccc2ccc3c(Br)ccc4ccc1c2c43. The van der Waals surface area contributed by atoms with Crippen LogP contribution in [0.25, 0.3) is 32.3 Å². The average molecular weight is 533 g/mol. The number of nitrogens with zero attached hydrogens (tertiary/aromatic N) is 1. The second-order valence-corrected chi connectivity index (χ2v) is 11.8. The van der Waals surface area contributed by atoms with Gasteiger partial charge in [0.1, 0.15) is 0 Å². The van der Waals surface area contributed by atoms with Gasteiger partial charge in [-0.05, 0) is 87.1 Å². The van der Waals surface area contributed by atoms with E-state index in [1.165, 1.54) is 66.1 Å². The molecule has 36 heavy (non-hydrogen) atoms. The van der Waals surface area contributed by atoms with Crippen molar-refractivity contribution >= 4 is 65.3 Å². The van der Waals surface area contributed by atoms with Crippen molar-refractivity contribution in [1.29, 1.82) is 0 Å². The third-order valence-electron chi connectivity index (χ3n) is 7.42. The van der Waals surface area contributed by atoms with Crippen LogP contribution in [-0.4, -0.2) is 0 Å². The molecule has 2 heteroatoms. The summed E-state index contributed by atoms with van der Waals surface area (Å²) in [5, 5.41) is 7.73. The van der Waals surface area contributed by atoms with Crippen LogP contribution < -0.4 is 4.90 Å². The van der Waals surface area contributed by atoms with Gasteiger partial charge >= 0.3 is 0 Å². The van der Waals surface area contributed by atoms with Gasteiger partial charge in [0.25, 0.3) is 0 Å². The fourth-order valence-electron chi connectivity index (χ4n) is 5.65. The highest BCUT2D eigenvalue weighted by Crippen LogP contribution is 2.46. The molecule has 0 spiro atoms. The zero-order valence-electron chi connectivity index (χ0n) is 21.5. The van der Waals surface area contributed by atoms with E-state index in [9.17, 15) is 0 Å². The quantitative estimate of drug-likeness (QED) is 0.205. The minimum Gasteiger partial charge on any atom is -0.309 e. The monoisotopic (exact) mass is 531 g/mol. The maximum absolute atomic E-state index is 3.79. The van der Waals surface area contributed by atoms with Crippen LogP contribution in [0.15, 0.2) is 95.5 Å². The zero-order chi connectivity index (χ0) is 25.2. The fraction of sp³-hybridized carbons (Fsp3) is 0.176. The summed E-state index contributed by atoms with van der Waals surface area (Å²) in [6.07, 6.45) is 0. The number of anilines is 3. The molecular weight excluding hydrogens is 502 g/mol. The van der Waals surface area contributed by atoms with Gasteiger partial charge in [0, 0.05) is 15.5 Å². The number of benzene rings is 6. The van der Waals surface area contributed by atoms with Crippen LogP contribution in [0, 0.1) is 13.8 Å². The Morgan fingerprint density at radius 3 is 1.83 bits per heavy atom. The lowest BCUT2D eigenvalue weighted by atomic mass is 9.84. The molecule has 0 saturated heterocycles. The highest BCUT2D eigenvalue weighted by Gasteiger charge is 2.23. The van der Waals surface area contributed by atoms with Gasteiger partial charge in [-0.15, -0.1) is 0 Å². The van der Waals surface area contributed by atoms with E-state index in [-0.39, 0.29) is 5.41 Å². The molecule has 0 heterocycles. The molecule has 178 valence electrons. The van der Waals surface area contributed by atoms with Gasteiger partial charge < -0.3 is 4.90 Å². The molecule has 0 aliphatic heterocycles. The molecule has 0 aliphatic carbocycles. The summed E-state index contributed by atoms with van der Waals surface area (Å²) in [7, 11) is 0. The van der Waals surface area contributed by atoms with Gasteiger partial charge in [0.15, 0.2) is 0 Å². The van der Waals surface area contributed by atoms with Crippen molar-refractivity contribution in [3.05, 3.63) is 112 Å². The van der Waals surface area contributed by atoms with Crippen molar-refractivity contribution in [3.8, 4) is 0 Å². The van der Waals surface area contributed by atoms with E-state index in [1.54, 1.807) is 0 Å². The Hall–Kier alpha value is -3.36. The van der Waals surface area contributed by atoms with E-state index in [0.29, 0.717) is 0 Å². The van der Waals surface area contributed by atoms with Crippen LogP contribution in [-0.2, 0) is 5.41 Å². The van der Waals surface area contributed by atoms with E-state index in [2.05, 4.69) is 146 Å². The molecule has 0 amide bonds. The van der Waals surface area contributed by atoms with Crippen molar-refractivity contribution in [2.75, 3.05) is 4.90 Å². The molecule has 0 fully saturated rings. The van der Waals surface area contributed by atoms with Crippen LogP contribution in [0.2, 0.25) is 0 Å². The van der Waals surface area contributed by atoms with Gasteiger partial charge in [-0.2, -0.15) is 0 Å². The highest BCUT2D eigenvalue weighted by molar-refractivity contribution is 9.10. The van der Waals surface area contributed by atoms with Crippen molar-refractivity contribution in [1.82, 2.24) is 0 Å². The minimum atomic E-state index is 0.103. The van der Waals surface area contributed by atoms with Crippen molar-refractivity contribution < 1.29 is 0 Å². The fourth-order valence-corrected chi connectivity index (χ4v) is 6.11. The molecule has 0 aromatic heterocycles. The number of hydrogen-bond acceptors (Lipinski definition) is 1. The summed E-state index contributed by atoms with van der Waals surface area (Å²) >= 11 is 3.79. The number of para-hydroxylation sites is 1. The van der Waals surface area contributed by atoms with Crippen LogP contribution in [0.3, 0.4) is 0 Å². The molecule has 6 rings (SSSR count). The Labute approximate surface area is 221 Å². The topological polar surface area (TPSA) is 3.24 Å². The number of aryl methyl sites for hydroxylation is 2. The van der Waals surface area contributed by atoms with Gasteiger partial charge in [0.2, 0.25) is 0 Å². The van der Waals surface area contributed by atoms with E-state index in [1.807, 2.05) is 0 Å². The molecular formula is C34H30BrN. The standard InChI is InChI=1S/C34H30BrN/c1-21-19-25(34(3,4)5)20-22(2)33(21)36(26-9-7-6-8-10-26)30-18-14-24-11-15-27-29(35)17-13-23-12-16-28(30)32(24)31(23)27/h6-20H,1-5H3. The third-order valence-corrected chi connectivity index (χ3v) is 8.12. The number of halogens is 1. The molecule has 0 atom stereocenters. The second-order valence-electron chi connectivity index (χ2n) is 10.9. The van der Waals surface area contributed by atoms with Crippen molar-refractivity contribution in [3.63, 3.8) is 0 Å². The maximum Gasteiger partial charge on any atom is 0.0540 e. The second kappa shape index (κ2) is 8.35. The van der Waals surface area contributed by atoms with Crippen molar-refractivity contribution in [2.45, 2.75) is 40.0 Å². The van der Waals surface area contributed by atoms with Gasteiger partial charge in [-0.1, -0.05) is 103 Å². The normalized spacial score (nSPS) is 12.2. The molecule has 0 unspecified atom stereocenters. The van der Waals surface area contributed by atoms with Gasteiger partial charge in [-0.3, -0.25) is 0 Å². The zero-order valence-corrected chi connectivity index (χ0v) is 23.1. The summed E-state index contributed by atoms with van der Waals surface area (Å²) in [5.74, 6) is 0. The Morgan fingerprint density at radius 2 is 1.19 bits per heavy atom. The van der Waals surface area contributed by atoms with Crippen LogP contribution >= 0.6 is 15.9 Å². The lowest BCUT2D eigenvalue weighted by Gasteiger charge is -2.32. The van der Waals surface area contributed by atoms with Gasteiger partial charge in [-0.25, -0.2) is 0 Å². The smallest absolute Gasteiger partial charge is 0.0540 e. The predicted molar refractivity (Wildman–Crippen MR) is 161 cm³/mol. The Bertz CT molecular complexity index is 1720. The minimum absolute atomic E-state index is 0.103. The first-order valence-corrected chi connectivity index (χ1v) is 13.4. The molecule has 6 aromatic rings. The Morgan fingerprint density at radius 1 is 0.639 bits per heavy atom. The van der Waals surface area contributed by atoms with Crippen molar-refractivity contribution in [2.24, 2.45) is 0 Å². The van der Waals surface area contributed by atoms with E-state index >= 15 is 0 Å². The molecule has 0 N–H and O–H groups in total. The third kappa shape index (κ3) is 3.59. The molecule has 0 aliphatic rings. The summed E-state index contributed by atoms with van der Waals surface area (Å²) < 4.78 is 1.14. The molecule has 1 nitrogen and oxygen atoms in total. The van der Waals surface area contributed by atoms with E-state index < -0.39 is 0 Å². The first kappa shape index (κ1) is 23.1. The summed E-state index contributed by atoms with van der Waals surface area (Å²) in [4.78, 5) is 2.46. The summed E-state index contributed by atoms with van der Waals surface area (Å²) in [6.45, 7) is 11.4. The lowest BCUT2D eigenvalue weighted by Crippen LogP contribution is -2.16. The Balaban J connectivity index is 1.70. The molecule has 0 bridgehead atoms. The molecule has 0 saturated carbocycles. The van der Waals surface area contributed by atoms with Gasteiger partial charge in [0.05, 0.1) is 11.4 Å². The van der Waals surface area contributed by atoms with Crippen LogP contribution in [0.5, 0.6) is 0 Å². The lowest BCUT2D eigenvalue weighted by molar-refractivity contribution is 0.589. The number of rotatable bonds is 3. The molecule has 0 radical (unpaired) electrons. The number of hydrogen-bond donors (Lipinski definition) is 0. The summed E-state index contributed by atoms with van der Waals surface area (Å²) in [6, 6.07) is 33.5. The average Bonchev–Trinajstić information content (AvgIpc) is 2.86. The molecule has 6 aromatic carbocycles. The van der Waals surface area contributed by atoms with E-state index in [4.69, 9.17) is 0 Å². The van der Waals surface area contributed by atoms with Crippen LogP contribution in [0.4, 0.5) is 17.1 Å². The first-order valence-electron chi connectivity index (χ1n) is 12.6. The maximum atomic E-state index is 3.79.